The van der Waals surface area contributed by atoms with Crippen LogP contribution in [0.3, 0.4) is 0 Å². The summed E-state index contributed by atoms with van der Waals surface area (Å²) in [6.07, 6.45) is 13.2. The van der Waals surface area contributed by atoms with Crippen molar-refractivity contribution in [3.63, 3.8) is 0 Å². The maximum Gasteiger partial charge on any atom is 0.482 e. The van der Waals surface area contributed by atoms with Gasteiger partial charge in [-0.3, -0.25) is 9.59 Å². The van der Waals surface area contributed by atoms with E-state index in [9.17, 15) is 19.2 Å². The summed E-state index contributed by atoms with van der Waals surface area (Å²) < 4.78 is 37.8. The first-order valence-electron chi connectivity index (χ1n) is 28.5. The number of rotatable bonds is 14. The van der Waals surface area contributed by atoms with Crippen molar-refractivity contribution in [1.82, 2.24) is 15.5 Å². The van der Waals surface area contributed by atoms with E-state index in [2.05, 4.69) is 119 Å². The molecule has 12 rings (SSSR count). The van der Waals surface area contributed by atoms with Crippen molar-refractivity contribution < 1.29 is 52.4 Å². The van der Waals surface area contributed by atoms with Crippen molar-refractivity contribution >= 4 is 38.3 Å². The number of aliphatic carboxylic acids is 1. The Bertz CT molecular complexity index is 2480. The SMILES string of the molecule is Cc1ccc(C[C@H](NC(=O)OCC2CCCCC2)B2O[C@@H]3C[C@@H]4C[C@@H](C4(C)C)[C@]3(C)O2)cc1.N#CCC(=O)O.[C-]#[N+]CC(=O)N1CCCC[C@@H]1COC(=O)N[C@@H](Cc1ccc(C)cc1)B1O[C@@H]2C[C@@H]3C[C@@H](C3(C)C)[C@]2(C)O1. The quantitative estimate of drug-likeness (QED) is 0.120. The Morgan fingerprint density at radius 3 is 1.62 bits per heavy atom. The van der Waals surface area contributed by atoms with Gasteiger partial charge in [-0.2, -0.15) is 5.26 Å². The van der Waals surface area contributed by atoms with Crippen molar-refractivity contribution in [1.29, 1.82) is 5.26 Å². The number of carboxylic acids is 1. The summed E-state index contributed by atoms with van der Waals surface area (Å²) in [5.74, 6) is 0.798. The van der Waals surface area contributed by atoms with Crippen molar-refractivity contribution in [3.05, 3.63) is 82.2 Å². The minimum absolute atomic E-state index is 0.0203. The first kappa shape index (κ1) is 58.0. The molecule has 416 valence electrons. The molecule has 10 fully saturated rings. The number of aryl methyl sites for hydroxylation is 2. The largest absolute Gasteiger partial charge is 0.482 e. The van der Waals surface area contributed by atoms with Gasteiger partial charge in [-0.25, -0.2) is 16.2 Å². The van der Waals surface area contributed by atoms with Crippen LogP contribution in [0.2, 0.25) is 0 Å². The number of nitriles is 1. The number of ether oxygens (including phenoxy) is 2. The zero-order chi connectivity index (χ0) is 55.3. The van der Waals surface area contributed by atoms with Crippen LogP contribution in [-0.2, 0) is 50.5 Å². The molecule has 77 heavy (non-hydrogen) atoms. The Hall–Kier alpha value is -5.13. The first-order chi connectivity index (χ1) is 36.6. The maximum absolute atomic E-state index is 13.1. The molecule has 3 N–H and O–H groups in total. The van der Waals surface area contributed by atoms with Gasteiger partial charge in [0.25, 0.3) is 6.54 Å². The molecule has 7 saturated carbocycles. The molecule has 0 aromatic heterocycles. The van der Waals surface area contributed by atoms with Crippen LogP contribution >= 0.6 is 0 Å². The first-order valence-corrected chi connectivity index (χ1v) is 28.5. The predicted octanol–water partition coefficient (Wildman–Crippen LogP) is 9.67. The molecular formula is C59H83B2N5O11. The van der Waals surface area contributed by atoms with Gasteiger partial charge in [0, 0.05) is 6.54 Å². The molecular weight excluding hydrogens is 976 g/mol. The van der Waals surface area contributed by atoms with Crippen LogP contribution in [0.25, 0.3) is 4.85 Å². The molecule has 11 atom stereocenters. The number of amides is 3. The van der Waals surface area contributed by atoms with E-state index in [1.165, 1.54) is 42.9 Å². The minimum Gasteiger partial charge on any atom is -0.480 e. The summed E-state index contributed by atoms with van der Waals surface area (Å²) in [6.45, 7) is 26.0. The molecule has 0 radical (unpaired) electrons. The Labute approximate surface area is 457 Å². The molecule has 10 aliphatic rings. The van der Waals surface area contributed by atoms with Gasteiger partial charge in [-0.1, -0.05) is 107 Å². The van der Waals surface area contributed by atoms with Gasteiger partial charge in [0.15, 0.2) is 0 Å². The Balaban J connectivity index is 0.000000186. The molecule has 3 aliphatic heterocycles. The average molecular weight is 1060 g/mol. The lowest BCUT2D eigenvalue weighted by Gasteiger charge is -2.64. The highest BCUT2D eigenvalue weighted by atomic mass is 16.7. The fourth-order valence-corrected chi connectivity index (χ4v) is 14.4. The third-order valence-corrected chi connectivity index (χ3v) is 19.3. The Kier molecular flexibility index (Phi) is 18.5. The van der Waals surface area contributed by atoms with E-state index in [4.69, 9.17) is 45.0 Å². The van der Waals surface area contributed by atoms with Crippen molar-refractivity contribution in [2.75, 3.05) is 26.3 Å². The molecule has 3 amide bonds. The number of piperidine rings is 1. The number of nitrogens with one attached hydrogen (secondary N) is 2. The zero-order valence-corrected chi connectivity index (χ0v) is 46.9. The smallest absolute Gasteiger partial charge is 0.480 e. The number of nitrogens with zero attached hydrogens (tertiary/aromatic N) is 3. The van der Waals surface area contributed by atoms with E-state index in [0.29, 0.717) is 61.0 Å². The fourth-order valence-electron chi connectivity index (χ4n) is 14.4. The molecule has 4 bridgehead atoms. The lowest BCUT2D eigenvalue weighted by Crippen LogP contribution is -2.65. The van der Waals surface area contributed by atoms with Crippen LogP contribution in [-0.4, -0.2) is 116 Å². The molecule has 18 heteroatoms. The number of hydrogen-bond donors (Lipinski definition) is 3. The van der Waals surface area contributed by atoms with Gasteiger partial charge in [0.1, 0.15) is 13.0 Å². The van der Waals surface area contributed by atoms with E-state index in [0.717, 1.165) is 62.5 Å². The maximum atomic E-state index is 13.1. The number of carbonyl (C=O) groups excluding carboxylic acids is 3. The molecule has 0 spiro atoms. The third-order valence-electron chi connectivity index (χ3n) is 19.3. The highest BCUT2D eigenvalue weighted by Gasteiger charge is 2.70. The topological polar surface area (TPSA) is 199 Å². The van der Waals surface area contributed by atoms with Gasteiger partial charge in [0.05, 0.1) is 54.0 Å². The molecule has 2 aromatic rings. The van der Waals surface area contributed by atoms with Crippen LogP contribution in [0.15, 0.2) is 48.5 Å². The Morgan fingerprint density at radius 2 is 1.19 bits per heavy atom. The average Bonchev–Trinajstić information content (AvgIpc) is 4.16. The van der Waals surface area contributed by atoms with Crippen LogP contribution < -0.4 is 10.6 Å². The second-order valence-electron chi connectivity index (χ2n) is 25.0. The van der Waals surface area contributed by atoms with Crippen LogP contribution in [0.5, 0.6) is 0 Å². The van der Waals surface area contributed by atoms with Gasteiger partial charge in [-0.15, -0.1) is 0 Å². The van der Waals surface area contributed by atoms with E-state index in [-0.39, 0.29) is 66.0 Å². The van der Waals surface area contributed by atoms with E-state index >= 15 is 0 Å². The highest BCUT2D eigenvalue weighted by Crippen LogP contribution is 2.67. The van der Waals surface area contributed by atoms with Crippen molar-refractivity contribution in [2.45, 2.75) is 193 Å². The summed E-state index contributed by atoms with van der Waals surface area (Å²) in [5, 5.41) is 21.5. The molecule has 16 nitrogen and oxygen atoms in total. The predicted molar refractivity (Wildman–Crippen MR) is 292 cm³/mol. The molecule has 3 heterocycles. The van der Waals surface area contributed by atoms with Gasteiger partial charge >= 0.3 is 38.3 Å². The Morgan fingerprint density at radius 1 is 0.727 bits per heavy atom. The van der Waals surface area contributed by atoms with Gasteiger partial charge in [0.2, 0.25) is 0 Å². The fraction of sp³-hybridized carbons (Fsp3) is 0.695. The number of likely N-dealkylation sites (tertiary alicyclic amines) is 1. The van der Waals surface area contributed by atoms with Gasteiger partial charge < -0.3 is 53.6 Å². The minimum atomic E-state index is -1.07. The van der Waals surface area contributed by atoms with E-state index in [1.54, 1.807) is 4.90 Å². The van der Waals surface area contributed by atoms with Gasteiger partial charge in [-0.05, 0) is 150 Å². The summed E-state index contributed by atoms with van der Waals surface area (Å²) in [6, 6.07) is 18.0. The molecule has 7 aliphatic carbocycles. The lowest BCUT2D eigenvalue weighted by molar-refractivity contribution is -0.199. The highest BCUT2D eigenvalue weighted by molar-refractivity contribution is 6.48. The van der Waals surface area contributed by atoms with Crippen LogP contribution in [0, 0.1) is 72.2 Å². The molecule has 3 saturated heterocycles. The molecule has 0 unspecified atom stereocenters. The number of benzene rings is 2. The third kappa shape index (κ3) is 13.2. The summed E-state index contributed by atoms with van der Waals surface area (Å²) in [4.78, 5) is 52.6. The zero-order valence-electron chi connectivity index (χ0n) is 46.9. The summed E-state index contributed by atoms with van der Waals surface area (Å²) in [7, 11) is -1.03. The number of carbonyl (C=O) groups is 4. The van der Waals surface area contributed by atoms with Crippen LogP contribution in [0.1, 0.15) is 147 Å². The monoisotopic (exact) mass is 1060 g/mol. The lowest BCUT2D eigenvalue weighted by atomic mass is 9.43. The van der Waals surface area contributed by atoms with Crippen LogP contribution in [0.4, 0.5) is 9.59 Å². The summed E-state index contributed by atoms with van der Waals surface area (Å²) >= 11 is 0. The normalized spacial score (nSPS) is 30.7. The summed E-state index contributed by atoms with van der Waals surface area (Å²) in [5.41, 5.74) is 4.52. The second-order valence-corrected chi connectivity index (χ2v) is 25.0. The van der Waals surface area contributed by atoms with E-state index < -0.39 is 38.7 Å². The van der Waals surface area contributed by atoms with Crippen molar-refractivity contribution in [3.8, 4) is 6.07 Å². The van der Waals surface area contributed by atoms with Crippen molar-refractivity contribution in [2.24, 2.45) is 40.4 Å². The van der Waals surface area contributed by atoms with E-state index in [1.807, 2.05) is 0 Å². The second kappa shape index (κ2) is 24.5. The standard InChI is InChI=1S/C29H40BN3O5.C27H40BNO4.C3H3NO2/c1-19-9-11-20(12-10-19)14-25(30-37-24-16-21-15-23(28(21,2)3)29(24,4)38-30)32-27(35)36-18-22-8-6-7-13-33(22)26(34)17-31-5;1-18-10-12-19(13-11-18)14-24(29-25(30)31-17-20-8-6-5-7-9-20)28-32-23-16-21-15-22(26(21,2)3)27(23,4)33-28;4-2-1-3(5)6/h9-12,21-25H,6-8,13-18H2,1-4H3,(H,32,35);10-13,20-24H,5-9,14-17H2,1-4H3,(H,29,30);1H2,(H,5,6)/t21-,22+,23-,24+,25-,29-;21-,22-,23+,24-,27-;/m00./s1. The number of carboxylic acid groups (broad SMARTS) is 1. The number of alkyl carbamates (subject to hydrolysis) is 2. The number of hydrogen-bond acceptors (Lipinski definition) is 11. The molecule has 2 aromatic carbocycles.